The molecule has 0 radical (unpaired) electrons. The van der Waals surface area contributed by atoms with Crippen molar-refractivity contribution in [3.8, 4) is 0 Å². The minimum atomic E-state index is -0.793. The lowest BCUT2D eigenvalue weighted by Gasteiger charge is -2.28. The quantitative estimate of drug-likeness (QED) is 0.430. The molecule has 0 spiro atoms. The van der Waals surface area contributed by atoms with Gasteiger partial charge in [-0.25, -0.2) is 4.79 Å². The largest absolute Gasteiger partial charge is 0.467 e. The molecule has 154 valence electrons. The fourth-order valence-corrected chi connectivity index (χ4v) is 3.31. The molecule has 1 aromatic heterocycles. The van der Waals surface area contributed by atoms with Crippen molar-refractivity contribution in [2.45, 2.75) is 32.2 Å². The van der Waals surface area contributed by atoms with Crippen molar-refractivity contribution >= 4 is 23.3 Å². The number of nitro benzene ring substituents is 1. The van der Waals surface area contributed by atoms with E-state index in [1.165, 1.54) is 18.4 Å². The summed E-state index contributed by atoms with van der Waals surface area (Å²) >= 11 is 0. The third-order valence-corrected chi connectivity index (χ3v) is 4.79. The van der Waals surface area contributed by atoms with Gasteiger partial charge in [-0.3, -0.25) is 14.9 Å². The number of furan rings is 1. The Hall–Kier alpha value is -3.36. The zero-order valence-electron chi connectivity index (χ0n) is 16.1. The van der Waals surface area contributed by atoms with Gasteiger partial charge in [0.1, 0.15) is 11.4 Å². The van der Waals surface area contributed by atoms with Gasteiger partial charge in [0.05, 0.1) is 22.8 Å². The highest BCUT2D eigenvalue weighted by Gasteiger charge is 2.24. The second-order valence-corrected chi connectivity index (χ2v) is 6.89. The van der Waals surface area contributed by atoms with Gasteiger partial charge in [0.2, 0.25) is 0 Å². The molecule has 2 aromatic rings. The highest BCUT2D eigenvalue weighted by atomic mass is 16.6. The lowest BCUT2D eigenvalue weighted by atomic mass is 10.1. The summed E-state index contributed by atoms with van der Waals surface area (Å²) in [5.74, 6) is -0.714. The second kappa shape index (κ2) is 9.22. The van der Waals surface area contributed by atoms with E-state index in [0.29, 0.717) is 11.4 Å². The summed E-state index contributed by atoms with van der Waals surface area (Å²) in [6, 6.07) is 7.32. The number of nitro groups is 1. The number of amides is 1. The number of hydrogen-bond donors (Lipinski definition) is 1. The Morgan fingerprint density at radius 3 is 2.69 bits per heavy atom. The zero-order valence-corrected chi connectivity index (χ0v) is 16.1. The maximum atomic E-state index is 12.3. The van der Waals surface area contributed by atoms with Crippen LogP contribution in [0.5, 0.6) is 0 Å². The van der Waals surface area contributed by atoms with Gasteiger partial charge in [-0.15, -0.1) is 0 Å². The van der Waals surface area contributed by atoms with Crippen LogP contribution in [0, 0.1) is 10.1 Å². The molecule has 1 N–H and O–H groups in total. The predicted octanol–water partition coefficient (Wildman–Crippen LogP) is 3.21. The fraction of sp³-hybridized carbons (Fsp3) is 0.400. The Morgan fingerprint density at radius 1 is 1.28 bits per heavy atom. The average molecular weight is 401 g/mol. The molecule has 1 fully saturated rings. The van der Waals surface area contributed by atoms with Crippen LogP contribution in [0.1, 0.15) is 48.3 Å². The number of hydrogen-bond acceptors (Lipinski definition) is 7. The van der Waals surface area contributed by atoms with Crippen molar-refractivity contribution in [2.24, 2.45) is 0 Å². The Labute approximate surface area is 167 Å². The molecule has 9 nitrogen and oxygen atoms in total. The number of carbonyl (C=O) groups excluding carboxylic acids is 2. The van der Waals surface area contributed by atoms with Crippen LogP contribution < -0.4 is 10.2 Å². The first-order valence-electron chi connectivity index (χ1n) is 9.49. The third kappa shape index (κ3) is 5.13. The van der Waals surface area contributed by atoms with Crippen LogP contribution in [0.3, 0.4) is 0 Å². The normalized spacial score (nSPS) is 14.9. The Bertz CT molecular complexity index is 874. The first-order chi connectivity index (χ1) is 14.0. The first kappa shape index (κ1) is 20.4. The summed E-state index contributed by atoms with van der Waals surface area (Å²) in [6.45, 7) is 2.74. The van der Waals surface area contributed by atoms with E-state index in [-0.39, 0.29) is 17.3 Å². The minimum absolute atomic E-state index is 0.0318. The number of nitrogens with one attached hydrogen (secondary N) is 1. The SMILES string of the molecule is C[C@H](NC(=O)COC(=O)c1ccc(N2CCCCC2)c([N+](=O)[O-])c1)c1ccco1. The molecular weight excluding hydrogens is 378 g/mol. The maximum Gasteiger partial charge on any atom is 0.338 e. The molecule has 1 aliphatic heterocycles. The summed E-state index contributed by atoms with van der Waals surface area (Å²) in [6.07, 6.45) is 4.56. The smallest absolute Gasteiger partial charge is 0.338 e. The monoisotopic (exact) mass is 401 g/mol. The Kier molecular flexibility index (Phi) is 6.48. The number of piperidine rings is 1. The molecule has 29 heavy (non-hydrogen) atoms. The topological polar surface area (TPSA) is 115 Å². The van der Waals surface area contributed by atoms with Gasteiger partial charge < -0.3 is 19.4 Å². The van der Waals surface area contributed by atoms with Crippen LogP contribution in [-0.4, -0.2) is 36.5 Å². The zero-order chi connectivity index (χ0) is 20.8. The highest BCUT2D eigenvalue weighted by Crippen LogP contribution is 2.31. The molecule has 0 saturated carbocycles. The summed E-state index contributed by atoms with van der Waals surface area (Å²) in [7, 11) is 0. The van der Waals surface area contributed by atoms with Crippen molar-refractivity contribution in [1.82, 2.24) is 5.32 Å². The standard InChI is InChI=1S/C20H23N3O6/c1-14(18-6-5-11-28-18)21-19(24)13-29-20(25)15-7-8-16(17(12-15)23(26)27)22-9-3-2-4-10-22/h5-8,11-12,14H,2-4,9-10,13H2,1H3,(H,21,24)/t14-/m0/s1. The first-order valence-corrected chi connectivity index (χ1v) is 9.49. The van der Waals surface area contributed by atoms with Gasteiger partial charge in [0.15, 0.2) is 6.61 Å². The van der Waals surface area contributed by atoms with Crippen LogP contribution in [0.15, 0.2) is 41.0 Å². The summed E-state index contributed by atoms with van der Waals surface area (Å²) in [4.78, 5) is 37.2. The molecule has 1 aliphatic rings. The number of carbonyl (C=O) groups is 2. The fourth-order valence-electron chi connectivity index (χ4n) is 3.31. The van der Waals surface area contributed by atoms with E-state index in [1.807, 2.05) is 4.90 Å². The van der Waals surface area contributed by atoms with Gasteiger partial charge in [-0.1, -0.05) is 0 Å². The molecule has 0 bridgehead atoms. The molecule has 9 heteroatoms. The van der Waals surface area contributed by atoms with Crippen LogP contribution >= 0.6 is 0 Å². The van der Waals surface area contributed by atoms with Crippen molar-refractivity contribution in [2.75, 3.05) is 24.6 Å². The number of rotatable bonds is 7. The van der Waals surface area contributed by atoms with Crippen molar-refractivity contribution in [1.29, 1.82) is 0 Å². The molecule has 0 unspecified atom stereocenters. The average Bonchev–Trinajstić information content (AvgIpc) is 3.27. The predicted molar refractivity (Wildman–Crippen MR) is 105 cm³/mol. The van der Waals surface area contributed by atoms with Crippen molar-refractivity contribution in [3.63, 3.8) is 0 Å². The number of nitrogens with zero attached hydrogens (tertiary/aromatic N) is 2. The molecule has 1 saturated heterocycles. The van der Waals surface area contributed by atoms with Gasteiger partial charge >= 0.3 is 5.97 Å². The highest BCUT2D eigenvalue weighted by molar-refractivity contribution is 5.93. The number of ether oxygens (including phenoxy) is 1. The van der Waals surface area contributed by atoms with E-state index in [0.717, 1.165) is 32.4 Å². The van der Waals surface area contributed by atoms with Gasteiger partial charge in [0, 0.05) is 19.2 Å². The van der Waals surface area contributed by atoms with Crippen LogP contribution in [0.2, 0.25) is 0 Å². The van der Waals surface area contributed by atoms with Crippen LogP contribution in [0.4, 0.5) is 11.4 Å². The molecular formula is C20H23N3O6. The van der Waals surface area contributed by atoms with Gasteiger partial charge in [-0.2, -0.15) is 0 Å². The van der Waals surface area contributed by atoms with Crippen LogP contribution in [0.25, 0.3) is 0 Å². The third-order valence-electron chi connectivity index (χ3n) is 4.79. The number of esters is 1. The molecule has 0 aliphatic carbocycles. The van der Waals surface area contributed by atoms with Gasteiger partial charge in [-0.05, 0) is 50.5 Å². The Balaban J connectivity index is 1.62. The summed E-state index contributed by atoms with van der Waals surface area (Å²) < 4.78 is 10.2. The van der Waals surface area contributed by atoms with Crippen LogP contribution in [-0.2, 0) is 9.53 Å². The van der Waals surface area contributed by atoms with Crippen molar-refractivity contribution < 1.29 is 23.7 Å². The minimum Gasteiger partial charge on any atom is -0.467 e. The van der Waals surface area contributed by atoms with E-state index in [4.69, 9.17) is 9.15 Å². The van der Waals surface area contributed by atoms with E-state index < -0.39 is 23.4 Å². The Morgan fingerprint density at radius 2 is 2.03 bits per heavy atom. The molecule has 1 aromatic carbocycles. The number of anilines is 1. The molecule has 1 amide bonds. The summed E-state index contributed by atoms with van der Waals surface area (Å²) in [5.41, 5.74) is 0.387. The van der Waals surface area contributed by atoms with E-state index in [1.54, 1.807) is 25.1 Å². The molecule has 2 heterocycles. The summed E-state index contributed by atoms with van der Waals surface area (Å²) in [5, 5.41) is 14.1. The van der Waals surface area contributed by atoms with E-state index in [9.17, 15) is 19.7 Å². The van der Waals surface area contributed by atoms with Gasteiger partial charge in [0.25, 0.3) is 11.6 Å². The number of benzene rings is 1. The van der Waals surface area contributed by atoms with E-state index in [2.05, 4.69) is 5.32 Å². The lowest BCUT2D eigenvalue weighted by molar-refractivity contribution is -0.384. The maximum absolute atomic E-state index is 12.3. The molecule has 3 rings (SSSR count). The van der Waals surface area contributed by atoms with Crippen molar-refractivity contribution in [3.05, 3.63) is 58.0 Å². The molecule has 1 atom stereocenters. The second-order valence-electron chi connectivity index (χ2n) is 6.89. The lowest BCUT2D eigenvalue weighted by Crippen LogP contribution is -2.31. The van der Waals surface area contributed by atoms with E-state index >= 15 is 0 Å².